The summed E-state index contributed by atoms with van der Waals surface area (Å²) < 4.78 is 16.6. The van der Waals surface area contributed by atoms with Crippen molar-refractivity contribution in [1.29, 1.82) is 0 Å². The van der Waals surface area contributed by atoms with E-state index >= 15 is 0 Å². The Hall–Kier alpha value is -3.96. The SMILES string of the molecule is Brc1ccc2ccccc2c1.C.C.C.C.CCCCCCCCCCCCCCSc1cc(-c2ccc3ccccc3c2)sc1-c1sc(-c2ccc3ccccc3c2)cc1C.CCCCCCCCCCCCCCSc1cc(Br)sc1-c1sc(Br)cc1C.CCC[CH2][Sn]([CH2]CCC)([CH2]CCC)[c]1ccc2ccccc2c1.CCC[CH2][Sn]([CH2]CCC)([CH2]CCC)[c]1ccc2ccccc2c1. The maximum absolute atomic E-state index is 3.69. The van der Waals surface area contributed by atoms with E-state index in [1.54, 1.807) is 33.8 Å². The van der Waals surface area contributed by atoms with Gasteiger partial charge in [-0.3, -0.25) is 0 Å². The van der Waals surface area contributed by atoms with Gasteiger partial charge in [-0.25, -0.2) is 0 Å². The van der Waals surface area contributed by atoms with Gasteiger partial charge in [-0.2, -0.15) is 0 Å². The van der Waals surface area contributed by atoms with Gasteiger partial charge in [0.15, 0.2) is 0 Å². The van der Waals surface area contributed by atoms with E-state index in [1.165, 1.54) is 365 Å². The summed E-state index contributed by atoms with van der Waals surface area (Å²) in [5, 5.41) is 13.5. The molecule has 734 valence electrons. The molecule has 11 heteroatoms. The Morgan fingerprint density at radius 1 is 0.230 bits per heavy atom. The third kappa shape index (κ3) is 39.6. The van der Waals surface area contributed by atoms with Crippen LogP contribution < -0.4 is 7.16 Å². The molecular weight excluding hydrogens is 2160 g/mol. The standard InChI is InChI=1S/C43H48S3.C23H34Br2S3.C10H7Br.2C10H7.6C4H9.4CH4.2Sn/c1-3-4-5-6-7-8-9-10-11-12-13-18-27-44-41-31-40(38-26-24-34-20-15-17-22-36(34)30-38)46-43(41)42-32(2)28-39(45-42)37-25-23-33-19-14-16-21-35(33)29-37;1-3-4-5-6-7-8-9-10-11-12-13-14-15-26-19-17-21(25)28-23(19)22-18(2)16-20(24)27-22;11-10-6-5-8-3-1-2-4-9(8)7-10;2*1-2-6-10-8-4-3-7-9(10)5-1;6*1-3-4-2;;;;;;/h14-17,19-26,28-31H,3-13,18,27H2,1-2H3;16-17H,3-15H2,1-2H3;1-7H;2*1-3,5-8H;6*1,3-4H2,2H3;4*1H4;;. The van der Waals surface area contributed by atoms with Crippen LogP contribution in [0.3, 0.4) is 0 Å². The fourth-order valence-corrected chi connectivity index (χ4v) is 60.0. The second-order valence-corrected chi connectivity index (χ2v) is 73.8. The minimum atomic E-state index is -2.25. The number of thioether (sulfide) groups is 2. The molecule has 0 atom stereocenters. The normalized spacial score (nSPS) is 11.2. The van der Waals surface area contributed by atoms with E-state index in [4.69, 9.17) is 0 Å². The predicted molar refractivity (Wildman–Crippen MR) is 645 cm³/mol. The molecule has 4 aromatic heterocycles. The second kappa shape index (κ2) is 68.3. The van der Waals surface area contributed by atoms with Crippen molar-refractivity contribution in [2.24, 2.45) is 0 Å². The molecule has 14 rings (SSSR count). The zero-order valence-electron chi connectivity index (χ0n) is 81.7. The third-order valence-corrected chi connectivity index (χ3v) is 67.0. The van der Waals surface area contributed by atoms with Crippen LogP contribution in [0.25, 0.3) is 94.3 Å². The van der Waals surface area contributed by atoms with Crippen LogP contribution in [-0.2, 0) is 0 Å². The first kappa shape index (κ1) is 120. The quantitative estimate of drug-likeness (QED) is 0.0212. The molecule has 0 spiro atoms. The maximum atomic E-state index is 3.69. The van der Waals surface area contributed by atoms with Crippen LogP contribution in [0.5, 0.6) is 0 Å². The van der Waals surface area contributed by atoms with Gasteiger partial charge >= 0.3 is 296 Å². The summed E-state index contributed by atoms with van der Waals surface area (Å²) in [7, 11) is 0. The Morgan fingerprint density at radius 3 is 0.837 bits per heavy atom. The minimum absolute atomic E-state index is 0. The zero-order valence-corrected chi connectivity index (χ0v) is 97.1. The first-order valence-corrected chi connectivity index (χ1v) is 73.9. The van der Waals surface area contributed by atoms with Crippen molar-refractivity contribution in [3.05, 3.63) is 260 Å². The van der Waals surface area contributed by atoms with Gasteiger partial charge in [-0.05, 0) is 173 Å². The van der Waals surface area contributed by atoms with Crippen molar-refractivity contribution in [2.45, 2.75) is 367 Å². The Kier molecular flexibility index (Phi) is 60.6. The summed E-state index contributed by atoms with van der Waals surface area (Å²) in [6.07, 6.45) is 50.6. The van der Waals surface area contributed by atoms with Gasteiger partial charge in [0.2, 0.25) is 0 Å². The topological polar surface area (TPSA) is 0 Å². The van der Waals surface area contributed by atoms with Gasteiger partial charge in [0.05, 0.1) is 17.3 Å². The van der Waals surface area contributed by atoms with Gasteiger partial charge in [-0.15, -0.1) is 68.9 Å². The van der Waals surface area contributed by atoms with Crippen molar-refractivity contribution < 1.29 is 0 Å². The molecule has 0 saturated heterocycles. The van der Waals surface area contributed by atoms with Gasteiger partial charge in [0.25, 0.3) is 0 Å². The van der Waals surface area contributed by atoms with Crippen molar-refractivity contribution in [1.82, 2.24) is 0 Å². The number of rotatable bonds is 52. The van der Waals surface area contributed by atoms with Crippen LogP contribution in [0, 0.1) is 13.8 Å². The molecule has 4 heterocycles. The summed E-state index contributed by atoms with van der Waals surface area (Å²) in [5.41, 5.74) is 5.40. The average molecular weight is 2330 g/mol. The van der Waals surface area contributed by atoms with Gasteiger partial charge in [0, 0.05) is 33.8 Å². The van der Waals surface area contributed by atoms with Crippen LogP contribution in [-0.4, -0.2) is 48.3 Å². The molecule has 0 aliphatic heterocycles. The Morgan fingerprint density at radius 2 is 0.489 bits per heavy atom. The Labute approximate surface area is 882 Å². The summed E-state index contributed by atoms with van der Waals surface area (Å²) >= 11 is 18.0. The number of unbranched alkanes of at least 4 members (excludes halogenated alkanes) is 28. The molecule has 0 N–H and O–H groups in total. The molecule has 0 nitrogen and oxygen atoms in total. The molecule has 14 aromatic rings. The van der Waals surface area contributed by atoms with E-state index in [0.29, 0.717) is 0 Å². The summed E-state index contributed by atoms with van der Waals surface area (Å²) in [6.45, 7) is 23.2. The molecule has 0 bridgehead atoms. The predicted octanol–water partition coefficient (Wildman–Crippen LogP) is 46.3. The molecule has 0 aliphatic rings. The van der Waals surface area contributed by atoms with Crippen molar-refractivity contribution in [3.8, 4) is 40.4 Å². The van der Waals surface area contributed by atoms with E-state index in [0.717, 1.165) is 4.47 Å². The number of aryl methyl sites for hydroxylation is 2. The molecule has 0 radical (unpaired) electrons. The van der Waals surface area contributed by atoms with E-state index in [-0.39, 0.29) is 29.7 Å². The third-order valence-electron chi connectivity index (χ3n) is 26.7. The van der Waals surface area contributed by atoms with Crippen molar-refractivity contribution in [3.63, 3.8) is 0 Å². The molecule has 135 heavy (non-hydrogen) atoms. The fraction of sp³-hybridized carbons (Fsp3) is 0.468. The second-order valence-electron chi connectivity index (χ2n) is 37.1. The van der Waals surface area contributed by atoms with Gasteiger partial charge in [0.1, 0.15) is 0 Å². The van der Waals surface area contributed by atoms with E-state index < -0.39 is 36.8 Å². The number of thiophene rings is 4. The average Bonchev–Trinajstić information content (AvgIpc) is 1.76. The monoisotopic (exact) mass is 2330 g/mol. The molecule has 0 aliphatic carbocycles. The van der Waals surface area contributed by atoms with Gasteiger partial charge in [-0.1, -0.05) is 304 Å². The number of hydrogen-bond acceptors (Lipinski definition) is 6. The van der Waals surface area contributed by atoms with Crippen LogP contribution in [0.4, 0.5) is 0 Å². The molecule has 0 saturated carbocycles. The van der Waals surface area contributed by atoms with Crippen molar-refractivity contribution in [2.75, 3.05) is 11.5 Å². The molecule has 0 unspecified atom stereocenters. The summed E-state index contributed by atoms with van der Waals surface area (Å²) in [4.78, 5) is 11.3. The van der Waals surface area contributed by atoms with Crippen LogP contribution >= 0.6 is 117 Å². The summed E-state index contributed by atoms with van der Waals surface area (Å²) in [5.74, 6) is 2.43. The van der Waals surface area contributed by atoms with E-state index in [9.17, 15) is 0 Å². The van der Waals surface area contributed by atoms with Crippen molar-refractivity contribution >= 4 is 214 Å². The number of benzene rings is 10. The van der Waals surface area contributed by atoms with E-state index in [1.807, 2.05) is 57.1 Å². The molecule has 0 fully saturated rings. The number of halogens is 3. The number of fused-ring (bicyclic) bond motifs is 5. The fourth-order valence-electron chi connectivity index (χ4n) is 18.8. The molecule has 0 amide bonds. The Bertz CT molecular complexity index is 5400. The molecule has 10 aromatic carbocycles. The van der Waals surface area contributed by atoms with Crippen LogP contribution in [0.2, 0.25) is 26.6 Å². The summed E-state index contributed by atoms with van der Waals surface area (Å²) in [6, 6.07) is 88.0. The molecular formula is C124H173Br3S6Sn2. The zero-order chi connectivity index (χ0) is 92.5. The van der Waals surface area contributed by atoms with E-state index in [2.05, 4.69) is 365 Å². The number of hydrogen-bond donors (Lipinski definition) is 0. The van der Waals surface area contributed by atoms with Crippen LogP contribution in [0.1, 0.15) is 327 Å². The van der Waals surface area contributed by atoms with Crippen LogP contribution in [0.15, 0.2) is 258 Å². The first-order valence-electron chi connectivity index (χ1n) is 51.4. The Balaban J connectivity index is 0.000000274. The first-order chi connectivity index (χ1) is 64.2. The van der Waals surface area contributed by atoms with Gasteiger partial charge < -0.3 is 0 Å².